The summed E-state index contributed by atoms with van der Waals surface area (Å²) in [6.45, 7) is 0. The van der Waals surface area contributed by atoms with Crippen LogP contribution in [0.1, 0.15) is 44.3 Å². The number of aryl methyl sites for hydroxylation is 1. The molecule has 0 atom stereocenters. The zero-order chi connectivity index (χ0) is 20.6. The molecule has 0 unspecified atom stereocenters. The Kier molecular flexibility index (Phi) is 7.62. The lowest BCUT2D eigenvalue weighted by atomic mass is 9.86. The topological polar surface area (TPSA) is 104 Å². The number of thioether (sulfide) groups is 1. The molecule has 1 saturated carbocycles. The van der Waals surface area contributed by atoms with E-state index < -0.39 is 0 Å². The quantitative estimate of drug-likeness (QED) is 0.475. The Labute approximate surface area is 175 Å². The van der Waals surface area contributed by atoms with Crippen LogP contribution in [0.2, 0.25) is 0 Å². The van der Waals surface area contributed by atoms with Gasteiger partial charge in [-0.25, -0.2) is 4.68 Å². The molecule has 29 heavy (non-hydrogen) atoms. The first-order valence-corrected chi connectivity index (χ1v) is 10.9. The first-order chi connectivity index (χ1) is 14.1. The molecule has 0 aliphatic heterocycles. The molecule has 158 valence electrons. The van der Waals surface area contributed by atoms with Crippen molar-refractivity contribution in [3.05, 3.63) is 24.0 Å². The van der Waals surface area contributed by atoms with E-state index in [2.05, 4.69) is 15.5 Å². The highest BCUT2D eigenvalue weighted by Crippen LogP contribution is 2.30. The number of anilines is 1. The molecule has 9 heteroatoms. The van der Waals surface area contributed by atoms with Gasteiger partial charge in [0, 0.05) is 18.2 Å². The number of aromatic nitrogens is 3. The SMILES string of the molecule is COc1ccc(NC(=O)CSc2nnc(CCC3CCCCC3)n2N)cc1OC. The van der Waals surface area contributed by atoms with Gasteiger partial charge in [0.25, 0.3) is 0 Å². The maximum Gasteiger partial charge on any atom is 0.234 e. The zero-order valence-electron chi connectivity index (χ0n) is 17.0. The molecule has 0 spiro atoms. The summed E-state index contributed by atoms with van der Waals surface area (Å²) in [4.78, 5) is 12.3. The van der Waals surface area contributed by atoms with Gasteiger partial charge >= 0.3 is 0 Å². The average molecular weight is 420 g/mol. The Morgan fingerprint density at radius 2 is 1.97 bits per heavy atom. The second-order valence-electron chi connectivity index (χ2n) is 7.22. The normalized spacial score (nSPS) is 14.6. The molecule has 0 bridgehead atoms. The molecular formula is C20H29N5O3S. The van der Waals surface area contributed by atoms with Crippen molar-refractivity contribution in [2.75, 3.05) is 31.1 Å². The van der Waals surface area contributed by atoms with Crippen molar-refractivity contribution in [2.45, 2.75) is 50.1 Å². The maximum absolute atomic E-state index is 12.3. The average Bonchev–Trinajstić information content (AvgIpc) is 3.10. The van der Waals surface area contributed by atoms with E-state index in [1.807, 2.05) is 0 Å². The molecule has 0 saturated heterocycles. The molecule has 3 rings (SSSR count). The molecule has 1 aromatic heterocycles. The number of hydrogen-bond acceptors (Lipinski definition) is 7. The maximum atomic E-state index is 12.3. The molecule has 1 aliphatic carbocycles. The third-order valence-electron chi connectivity index (χ3n) is 5.24. The molecule has 8 nitrogen and oxygen atoms in total. The number of nitrogens with zero attached hydrogens (tertiary/aromatic N) is 3. The largest absolute Gasteiger partial charge is 0.493 e. The van der Waals surface area contributed by atoms with Gasteiger partial charge in [-0.2, -0.15) is 0 Å². The Bertz CT molecular complexity index is 820. The monoisotopic (exact) mass is 419 g/mol. The number of benzene rings is 1. The number of carbonyl (C=O) groups is 1. The van der Waals surface area contributed by atoms with Crippen molar-refractivity contribution in [2.24, 2.45) is 5.92 Å². The minimum Gasteiger partial charge on any atom is -0.493 e. The number of nitrogens with two attached hydrogens (primary N) is 1. The second-order valence-corrected chi connectivity index (χ2v) is 8.16. The van der Waals surface area contributed by atoms with Crippen LogP contribution in [0.15, 0.2) is 23.4 Å². The van der Waals surface area contributed by atoms with E-state index in [1.165, 1.54) is 48.5 Å². The predicted octanol–water partition coefficient (Wildman–Crippen LogP) is 3.25. The van der Waals surface area contributed by atoms with Gasteiger partial charge < -0.3 is 20.6 Å². The molecule has 1 aromatic carbocycles. The van der Waals surface area contributed by atoms with Crippen molar-refractivity contribution in [1.29, 1.82) is 0 Å². The molecule has 1 aliphatic rings. The fraction of sp³-hybridized carbons (Fsp3) is 0.550. The fourth-order valence-corrected chi connectivity index (χ4v) is 4.30. The van der Waals surface area contributed by atoms with Crippen LogP contribution in [0, 0.1) is 5.92 Å². The molecule has 1 heterocycles. The first kappa shape index (κ1) is 21.3. The van der Waals surface area contributed by atoms with E-state index in [0.717, 1.165) is 24.6 Å². The number of nitrogen functional groups attached to an aromatic ring is 1. The van der Waals surface area contributed by atoms with Gasteiger partial charge in [0.05, 0.1) is 20.0 Å². The van der Waals surface area contributed by atoms with Gasteiger partial charge in [-0.1, -0.05) is 43.9 Å². The molecule has 1 fully saturated rings. The van der Waals surface area contributed by atoms with E-state index in [-0.39, 0.29) is 11.7 Å². The number of hydrogen-bond donors (Lipinski definition) is 2. The molecule has 3 N–H and O–H groups in total. The molecular weight excluding hydrogens is 390 g/mol. The fourth-order valence-electron chi connectivity index (χ4n) is 3.63. The summed E-state index contributed by atoms with van der Waals surface area (Å²) in [6, 6.07) is 5.23. The number of nitrogens with one attached hydrogen (secondary N) is 1. The summed E-state index contributed by atoms with van der Waals surface area (Å²) in [6.07, 6.45) is 8.54. The van der Waals surface area contributed by atoms with Crippen LogP contribution < -0.4 is 20.6 Å². The summed E-state index contributed by atoms with van der Waals surface area (Å²) >= 11 is 1.27. The minimum atomic E-state index is -0.158. The summed E-state index contributed by atoms with van der Waals surface area (Å²) in [5.41, 5.74) is 0.635. The lowest BCUT2D eigenvalue weighted by Crippen LogP contribution is -2.18. The first-order valence-electron chi connectivity index (χ1n) is 9.94. The van der Waals surface area contributed by atoms with Gasteiger partial charge in [-0.15, -0.1) is 10.2 Å². The molecule has 0 radical (unpaired) electrons. The summed E-state index contributed by atoms with van der Waals surface area (Å²) in [5, 5.41) is 11.7. The van der Waals surface area contributed by atoms with Crippen LogP contribution in [0.25, 0.3) is 0 Å². The van der Waals surface area contributed by atoms with Crippen molar-refractivity contribution in [3.63, 3.8) is 0 Å². The highest BCUT2D eigenvalue weighted by Gasteiger charge is 2.17. The lowest BCUT2D eigenvalue weighted by molar-refractivity contribution is -0.113. The van der Waals surface area contributed by atoms with Crippen LogP contribution in [0.3, 0.4) is 0 Å². The van der Waals surface area contributed by atoms with Crippen LogP contribution >= 0.6 is 11.8 Å². The smallest absolute Gasteiger partial charge is 0.234 e. The standard InChI is InChI=1S/C20H29N5O3S/c1-27-16-10-9-15(12-17(16)28-2)22-19(26)13-29-20-24-23-18(25(20)21)11-8-14-6-4-3-5-7-14/h9-10,12,14H,3-8,11,13,21H2,1-2H3,(H,22,26). The van der Waals surface area contributed by atoms with E-state index in [9.17, 15) is 4.79 Å². The van der Waals surface area contributed by atoms with Crippen LogP contribution in [0.5, 0.6) is 11.5 Å². The predicted molar refractivity (Wildman–Crippen MR) is 114 cm³/mol. The van der Waals surface area contributed by atoms with Crippen molar-refractivity contribution in [1.82, 2.24) is 14.9 Å². The van der Waals surface area contributed by atoms with Crippen LogP contribution in [-0.4, -0.2) is 40.8 Å². The molecule has 1 amide bonds. The summed E-state index contributed by atoms with van der Waals surface area (Å²) < 4.78 is 12.0. The van der Waals surface area contributed by atoms with Gasteiger partial charge in [0.1, 0.15) is 0 Å². The Balaban J connectivity index is 1.49. The second kappa shape index (κ2) is 10.4. The van der Waals surface area contributed by atoms with Crippen molar-refractivity contribution < 1.29 is 14.3 Å². The van der Waals surface area contributed by atoms with Crippen LogP contribution in [-0.2, 0) is 11.2 Å². The molecule has 2 aromatic rings. The number of ether oxygens (including phenoxy) is 2. The van der Waals surface area contributed by atoms with E-state index in [1.54, 1.807) is 32.4 Å². The number of methoxy groups -OCH3 is 2. The Morgan fingerprint density at radius 1 is 1.21 bits per heavy atom. The van der Waals surface area contributed by atoms with E-state index >= 15 is 0 Å². The van der Waals surface area contributed by atoms with E-state index in [0.29, 0.717) is 22.3 Å². The minimum absolute atomic E-state index is 0.158. The Morgan fingerprint density at radius 3 is 2.69 bits per heavy atom. The Hall–Kier alpha value is -2.42. The number of carbonyl (C=O) groups excluding carboxylic acids is 1. The summed E-state index contributed by atoms with van der Waals surface area (Å²) in [5.74, 6) is 8.87. The number of amides is 1. The van der Waals surface area contributed by atoms with Crippen molar-refractivity contribution >= 4 is 23.4 Å². The van der Waals surface area contributed by atoms with Gasteiger partial charge in [-0.05, 0) is 24.5 Å². The summed E-state index contributed by atoms with van der Waals surface area (Å²) in [7, 11) is 3.12. The highest BCUT2D eigenvalue weighted by molar-refractivity contribution is 7.99. The van der Waals surface area contributed by atoms with Crippen molar-refractivity contribution in [3.8, 4) is 11.5 Å². The number of rotatable bonds is 9. The third-order valence-corrected chi connectivity index (χ3v) is 6.18. The third kappa shape index (κ3) is 5.79. The zero-order valence-corrected chi connectivity index (χ0v) is 17.8. The van der Waals surface area contributed by atoms with Crippen LogP contribution in [0.4, 0.5) is 5.69 Å². The van der Waals surface area contributed by atoms with Gasteiger partial charge in [-0.3, -0.25) is 4.79 Å². The lowest BCUT2D eigenvalue weighted by Gasteiger charge is -2.20. The van der Waals surface area contributed by atoms with Gasteiger partial charge in [0.2, 0.25) is 11.1 Å². The highest BCUT2D eigenvalue weighted by atomic mass is 32.2. The van der Waals surface area contributed by atoms with Gasteiger partial charge in [0.15, 0.2) is 17.3 Å². The van der Waals surface area contributed by atoms with E-state index in [4.69, 9.17) is 15.3 Å².